The van der Waals surface area contributed by atoms with Crippen LogP contribution in [0.5, 0.6) is 0 Å². The molecule has 0 aliphatic heterocycles. The Bertz CT molecular complexity index is 11.6. The Labute approximate surface area is 50.1 Å². The monoisotopic (exact) mass is 293 g/mol. The SMILES string of the molecule is O[PH+](O)O.[PoH]. The van der Waals surface area contributed by atoms with Crippen LogP contribution in [-0.2, 0) is 0 Å². The van der Waals surface area contributed by atoms with Crippen LogP contribution in [0.2, 0.25) is 0 Å². The standard InChI is InChI=1S/H4O3P.Po.H/c1-4(2)3;;/h1-4H;;/q+1;;. The zero-order valence-electron chi connectivity index (χ0n) is 2.29. The number of hydrogen-bond acceptors (Lipinski definition) is 3. The van der Waals surface area contributed by atoms with E-state index in [-0.39, 0.29) is 26.6 Å². The summed E-state index contributed by atoms with van der Waals surface area (Å²) in [6.07, 6.45) is 0. The van der Waals surface area contributed by atoms with Gasteiger partial charge in [0.25, 0.3) is 0 Å². The van der Waals surface area contributed by atoms with Gasteiger partial charge in [-0.3, -0.25) is 0 Å². The van der Waals surface area contributed by atoms with Crippen LogP contribution in [0.3, 0.4) is 0 Å². The first-order valence-electron chi connectivity index (χ1n) is 0.671. The summed E-state index contributed by atoms with van der Waals surface area (Å²) in [5.41, 5.74) is 0. The molecule has 0 aromatic heterocycles. The number of hydrogen-bond donors (Lipinski definition) is 3. The fourth-order valence-corrected chi connectivity index (χ4v) is 0. The van der Waals surface area contributed by atoms with Gasteiger partial charge in [-0.25, -0.2) is 0 Å². The van der Waals surface area contributed by atoms with Crippen molar-refractivity contribution in [1.29, 1.82) is 0 Å². The summed E-state index contributed by atoms with van der Waals surface area (Å²) < 4.78 is 0. The van der Waals surface area contributed by atoms with E-state index in [0.717, 1.165) is 0 Å². The zero-order valence-corrected chi connectivity index (χ0v) is 6.77. The third-order valence-corrected chi connectivity index (χ3v) is 0. The van der Waals surface area contributed by atoms with Crippen molar-refractivity contribution in [3.05, 3.63) is 0 Å². The van der Waals surface area contributed by atoms with Gasteiger partial charge in [0.2, 0.25) is 0 Å². The zero-order chi connectivity index (χ0) is 3.58. The molecule has 0 saturated carbocycles. The van der Waals surface area contributed by atoms with Gasteiger partial charge < -0.3 is 0 Å². The van der Waals surface area contributed by atoms with Crippen LogP contribution in [0.25, 0.3) is 0 Å². The third kappa shape index (κ3) is 36.8. The Hall–Kier alpha value is 1.21. The van der Waals surface area contributed by atoms with E-state index in [0.29, 0.717) is 0 Å². The summed E-state index contributed by atoms with van der Waals surface area (Å²) in [6, 6.07) is 0. The quantitative estimate of drug-likeness (QED) is 0.465. The van der Waals surface area contributed by atoms with Crippen molar-refractivity contribution in [3.63, 3.8) is 0 Å². The second kappa shape index (κ2) is 5.21. The molecule has 3 nitrogen and oxygen atoms in total. The first-order chi connectivity index (χ1) is 1.73. The van der Waals surface area contributed by atoms with Crippen molar-refractivity contribution >= 4 is 35.2 Å². The van der Waals surface area contributed by atoms with Crippen LogP contribution in [0.4, 0.5) is 0 Å². The Balaban J connectivity index is 0. The van der Waals surface area contributed by atoms with Crippen LogP contribution in [0.1, 0.15) is 0 Å². The van der Waals surface area contributed by atoms with Gasteiger partial charge in [-0.15, -0.1) is 0 Å². The van der Waals surface area contributed by atoms with E-state index in [9.17, 15) is 0 Å². The normalized spacial score (nSPS) is 7.20. The summed E-state index contributed by atoms with van der Waals surface area (Å²) >= 11 is 0. The molecule has 5 heteroatoms. The third-order valence-electron chi connectivity index (χ3n) is 0. The summed E-state index contributed by atoms with van der Waals surface area (Å²) in [4.78, 5) is 21.8. The molecule has 0 unspecified atom stereocenters. The van der Waals surface area contributed by atoms with Crippen LogP contribution in [-0.4, -0.2) is 41.2 Å². The van der Waals surface area contributed by atoms with Gasteiger partial charge in [-0.2, -0.15) is 14.7 Å². The molecule has 0 heterocycles. The van der Waals surface area contributed by atoms with Crippen molar-refractivity contribution in [2.45, 2.75) is 0 Å². The molecular formula is H5O3PPo+. The summed E-state index contributed by atoms with van der Waals surface area (Å²) in [6.45, 7) is 0. The van der Waals surface area contributed by atoms with E-state index in [1.165, 1.54) is 0 Å². The molecule has 0 aromatic carbocycles. The first kappa shape index (κ1) is 9.51. The summed E-state index contributed by atoms with van der Waals surface area (Å²) in [5.74, 6) is 0. The van der Waals surface area contributed by atoms with Crippen LogP contribution >= 0.6 is 8.60 Å². The molecule has 0 saturated heterocycles. The molecule has 0 spiro atoms. The molecule has 0 rings (SSSR count). The Morgan fingerprint density at radius 3 is 1.00 bits per heavy atom. The molecule has 0 aromatic rings. The van der Waals surface area contributed by atoms with E-state index in [2.05, 4.69) is 0 Å². The predicted octanol–water partition coefficient (Wildman–Crippen LogP) is -1.73. The minimum atomic E-state index is -2.88. The van der Waals surface area contributed by atoms with Crippen molar-refractivity contribution in [2.75, 3.05) is 0 Å². The molecule has 0 aliphatic rings. The fraction of sp³-hybridized carbons (Fsp3) is 0. The molecule has 0 bridgehead atoms. The van der Waals surface area contributed by atoms with Crippen molar-refractivity contribution in [1.82, 2.24) is 0 Å². The molecule has 0 amide bonds. The Morgan fingerprint density at radius 2 is 1.00 bits per heavy atom. The molecule has 5 heavy (non-hydrogen) atoms. The van der Waals surface area contributed by atoms with Gasteiger partial charge in [0.05, 0.1) is 0 Å². The van der Waals surface area contributed by atoms with Gasteiger partial charge in [-0.1, -0.05) is 0 Å². The molecule has 0 fully saturated rings. The van der Waals surface area contributed by atoms with Gasteiger partial charge in [0.15, 0.2) is 0 Å². The van der Waals surface area contributed by atoms with Crippen molar-refractivity contribution < 1.29 is 14.7 Å². The van der Waals surface area contributed by atoms with Gasteiger partial charge in [-0.05, 0) is 0 Å². The van der Waals surface area contributed by atoms with Crippen LogP contribution < -0.4 is 0 Å². The van der Waals surface area contributed by atoms with E-state index in [4.69, 9.17) is 14.7 Å². The van der Waals surface area contributed by atoms with Crippen LogP contribution in [0, 0.1) is 0 Å². The Morgan fingerprint density at radius 1 is 1.00 bits per heavy atom. The maximum absolute atomic E-state index is 7.27. The average molecular weight is 293 g/mol. The topological polar surface area (TPSA) is 60.7 Å². The molecule has 0 aliphatic carbocycles. The maximum atomic E-state index is 7.27. The minimum absolute atomic E-state index is 0. The predicted molar refractivity (Wildman–Crippen MR) is 22.1 cm³/mol. The van der Waals surface area contributed by atoms with Crippen molar-refractivity contribution in [3.8, 4) is 0 Å². The fourth-order valence-electron chi connectivity index (χ4n) is 0. The molecule has 3 N–H and O–H groups in total. The van der Waals surface area contributed by atoms with E-state index >= 15 is 0 Å². The summed E-state index contributed by atoms with van der Waals surface area (Å²) in [5, 5.41) is 0. The summed E-state index contributed by atoms with van der Waals surface area (Å²) in [7, 11) is -2.88. The van der Waals surface area contributed by atoms with Gasteiger partial charge in [0, 0.05) is 0 Å². The second-order valence-corrected chi connectivity index (χ2v) is 0.900. The average Bonchev–Trinajstić information content (AvgIpc) is 0.811. The van der Waals surface area contributed by atoms with E-state index in [1.807, 2.05) is 0 Å². The van der Waals surface area contributed by atoms with Crippen LogP contribution in [0.15, 0.2) is 0 Å². The van der Waals surface area contributed by atoms with Gasteiger partial charge >= 0.3 is 35.2 Å². The molecule has 0 atom stereocenters. The van der Waals surface area contributed by atoms with Gasteiger partial charge in [0.1, 0.15) is 0 Å². The number of rotatable bonds is 0. The molecule has 1 radical (unpaired) electrons. The second-order valence-electron chi connectivity index (χ2n) is 0.300. The van der Waals surface area contributed by atoms with Crippen molar-refractivity contribution in [2.24, 2.45) is 0 Å². The molecule has 33 valence electrons. The van der Waals surface area contributed by atoms with E-state index in [1.54, 1.807) is 0 Å². The van der Waals surface area contributed by atoms with E-state index < -0.39 is 8.60 Å². The Kier molecular flexibility index (Phi) is 9.90. The molecular weight excluding hydrogens is 288 g/mol. The first-order valence-corrected chi connectivity index (χ1v) is 2.01.